The number of ether oxygens (including phenoxy) is 1. The molecule has 0 aliphatic carbocycles. The van der Waals surface area contributed by atoms with Crippen LogP contribution in [0.3, 0.4) is 0 Å². The molecule has 0 saturated heterocycles. The summed E-state index contributed by atoms with van der Waals surface area (Å²) in [5.74, 6) is -0.0462. The van der Waals surface area contributed by atoms with E-state index in [1.54, 1.807) is 0 Å². The molecule has 1 aromatic carbocycles. The monoisotopic (exact) mass is 202 g/mol. The molecule has 1 heterocycles. The summed E-state index contributed by atoms with van der Waals surface area (Å²) in [6.45, 7) is 0.416. The molecule has 0 spiro atoms. The largest absolute Gasteiger partial charge is 0.492 e. The lowest BCUT2D eigenvalue weighted by atomic mass is 10.0. The second kappa shape index (κ2) is 3.16. The zero-order chi connectivity index (χ0) is 9.42. The number of hydrogen-bond donors (Lipinski definition) is 1. The molecule has 4 heteroatoms. The van der Waals surface area contributed by atoms with E-state index in [9.17, 15) is 9.50 Å². The molecule has 2 rings (SSSR count). The SMILES string of the molecule is O[C@@H]1CCOc2c(Cl)cc(F)cc21. The molecule has 0 unspecified atom stereocenters. The van der Waals surface area contributed by atoms with Crippen LogP contribution in [0.25, 0.3) is 0 Å². The van der Waals surface area contributed by atoms with Gasteiger partial charge in [-0.3, -0.25) is 0 Å². The zero-order valence-corrected chi connectivity index (χ0v) is 7.51. The number of rotatable bonds is 0. The van der Waals surface area contributed by atoms with Crippen molar-refractivity contribution in [2.45, 2.75) is 12.5 Å². The summed E-state index contributed by atoms with van der Waals surface area (Å²) in [7, 11) is 0. The van der Waals surface area contributed by atoms with Crippen molar-refractivity contribution >= 4 is 11.6 Å². The highest BCUT2D eigenvalue weighted by molar-refractivity contribution is 6.32. The first-order valence-electron chi connectivity index (χ1n) is 3.98. The van der Waals surface area contributed by atoms with E-state index in [1.165, 1.54) is 12.1 Å². The van der Waals surface area contributed by atoms with Crippen LogP contribution in [0.5, 0.6) is 5.75 Å². The van der Waals surface area contributed by atoms with Crippen molar-refractivity contribution in [3.05, 3.63) is 28.5 Å². The fourth-order valence-electron chi connectivity index (χ4n) is 1.41. The second-order valence-corrected chi connectivity index (χ2v) is 3.37. The summed E-state index contributed by atoms with van der Waals surface area (Å²) in [5.41, 5.74) is 0.441. The second-order valence-electron chi connectivity index (χ2n) is 2.96. The number of hydrogen-bond acceptors (Lipinski definition) is 2. The molecule has 0 bridgehead atoms. The van der Waals surface area contributed by atoms with E-state index in [2.05, 4.69) is 0 Å². The molecule has 13 heavy (non-hydrogen) atoms. The van der Waals surface area contributed by atoms with Gasteiger partial charge in [0.15, 0.2) is 0 Å². The lowest BCUT2D eigenvalue weighted by Crippen LogP contribution is -2.14. The topological polar surface area (TPSA) is 29.5 Å². The van der Waals surface area contributed by atoms with E-state index in [0.717, 1.165) is 0 Å². The lowest BCUT2D eigenvalue weighted by Gasteiger charge is -2.22. The minimum absolute atomic E-state index is 0.216. The average Bonchev–Trinajstić information content (AvgIpc) is 2.07. The predicted molar refractivity (Wildman–Crippen MR) is 46.5 cm³/mol. The summed E-state index contributed by atoms with van der Waals surface area (Å²) in [6, 6.07) is 2.43. The van der Waals surface area contributed by atoms with Crippen LogP contribution in [0.1, 0.15) is 18.1 Å². The van der Waals surface area contributed by atoms with Crippen molar-refractivity contribution < 1.29 is 14.2 Å². The minimum atomic E-state index is -0.669. The fraction of sp³-hybridized carbons (Fsp3) is 0.333. The molecule has 1 aliphatic heterocycles. The summed E-state index contributed by atoms with van der Waals surface area (Å²) in [4.78, 5) is 0. The molecule has 1 N–H and O–H groups in total. The summed E-state index contributed by atoms with van der Waals surface area (Å²) < 4.78 is 18.1. The van der Waals surface area contributed by atoms with Gasteiger partial charge in [-0.2, -0.15) is 0 Å². The van der Waals surface area contributed by atoms with E-state index in [1.807, 2.05) is 0 Å². The first-order chi connectivity index (χ1) is 6.18. The van der Waals surface area contributed by atoms with Gasteiger partial charge in [0.25, 0.3) is 0 Å². The van der Waals surface area contributed by atoms with Crippen LogP contribution in [-0.2, 0) is 0 Å². The number of benzene rings is 1. The standard InChI is InChI=1S/C9H8ClFO2/c10-7-4-5(11)3-6-8(12)1-2-13-9(6)7/h3-4,8,12H,1-2H2/t8-/m1/s1. The smallest absolute Gasteiger partial charge is 0.143 e. The van der Waals surface area contributed by atoms with Gasteiger partial charge in [0.05, 0.1) is 17.7 Å². The Hall–Kier alpha value is -0.800. The van der Waals surface area contributed by atoms with E-state index in [0.29, 0.717) is 24.3 Å². The normalized spacial score (nSPS) is 20.7. The summed E-state index contributed by atoms with van der Waals surface area (Å²) in [5, 5.41) is 9.72. The van der Waals surface area contributed by atoms with Crippen molar-refractivity contribution in [2.75, 3.05) is 6.61 Å². The molecule has 0 amide bonds. The van der Waals surface area contributed by atoms with Crippen molar-refractivity contribution in [2.24, 2.45) is 0 Å². The van der Waals surface area contributed by atoms with Gasteiger partial charge in [0.2, 0.25) is 0 Å². The summed E-state index contributed by atoms with van der Waals surface area (Å²) in [6.07, 6.45) is -0.191. The first-order valence-corrected chi connectivity index (χ1v) is 4.36. The Labute approximate surface area is 79.9 Å². The number of aliphatic hydroxyl groups is 1. The van der Waals surface area contributed by atoms with E-state index in [4.69, 9.17) is 16.3 Å². The van der Waals surface area contributed by atoms with Crippen LogP contribution in [0, 0.1) is 5.82 Å². The van der Waals surface area contributed by atoms with Gasteiger partial charge < -0.3 is 9.84 Å². The molecule has 0 fully saturated rings. The first kappa shape index (κ1) is 8.78. The molecule has 0 aromatic heterocycles. The highest BCUT2D eigenvalue weighted by Crippen LogP contribution is 2.38. The molecular weight excluding hydrogens is 195 g/mol. The molecule has 0 saturated carbocycles. The fourth-order valence-corrected chi connectivity index (χ4v) is 1.68. The van der Waals surface area contributed by atoms with Crippen molar-refractivity contribution in [3.8, 4) is 5.75 Å². The van der Waals surface area contributed by atoms with E-state index >= 15 is 0 Å². The van der Waals surface area contributed by atoms with Crippen molar-refractivity contribution in [1.82, 2.24) is 0 Å². The third-order valence-corrected chi connectivity index (χ3v) is 2.31. The van der Waals surface area contributed by atoms with Gasteiger partial charge in [0, 0.05) is 12.0 Å². The zero-order valence-electron chi connectivity index (χ0n) is 6.76. The van der Waals surface area contributed by atoms with Gasteiger partial charge in [-0.05, 0) is 12.1 Å². The molecular formula is C9H8ClFO2. The van der Waals surface area contributed by atoms with Gasteiger partial charge in [-0.15, -0.1) is 0 Å². The van der Waals surface area contributed by atoms with Crippen molar-refractivity contribution in [3.63, 3.8) is 0 Å². The Morgan fingerprint density at radius 3 is 3.08 bits per heavy atom. The highest BCUT2D eigenvalue weighted by atomic mass is 35.5. The molecule has 1 aliphatic rings. The minimum Gasteiger partial charge on any atom is -0.492 e. The predicted octanol–water partition coefficient (Wildman–Crippen LogP) is 2.29. The molecule has 1 aromatic rings. The van der Waals surface area contributed by atoms with Gasteiger partial charge in [-0.1, -0.05) is 11.6 Å². The summed E-state index contributed by atoms with van der Waals surface area (Å²) >= 11 is 5.74. The molecule has 0 radical (unpaired) electrons. The lowest BCUT2D eigenvalue weighted by molar-refractivity contribution is 0.115. The number of halogens is 2. The highest BCUT2D eigenvalue weighted by Gasteiger charge is 2.22. The van der Waals surface area contributed by atoms with Crippen LogP contribution in [0.2, 0.25) is 5.02 Å². The van der Waals surface area contributed by atoms with Crippen LogP contribution in [0.4, 0.5) is 4.39 Å². The number of aliphatic hydroxyl groups excluding tert-OH is 1. The molecule has 70 valence electrons. The Bertz CT molecular complexity index is 341. The van der Waals surface area contributed by atoms with Gasteiger partial charge in [-0.25, -0.2) is 4.39 Å². The van der Waals surface area contributed by atoms with E-state index in [-0.39, 0.29) is 5.02 Å². The van der Waals surface area contributed by atoms with Crippen LogP contribution >= 0.6 is 11.6 Å². The molecule has 2 nitrogen and oxygen atoms in total. The Kier molecular flexibility index (Phi) is 2.14. The molecule has 1 atom stereocenters. The average molecular weight is 203 g/mol. The van der Waals surface area contributed by atoms with Crippen LogP contribution in [-0.4, -0.2) is 11.7 Å². The Balaban J connectivity index is 2.56. The van der Waals surface area contributed by atoms with Crippen LogP contribution < -0.4 is 4.74 Å². The van der Waals surface area contributed by atoms with Crippen LogP contribution in [0.15, 0.2) is 12.1 Å². The Morgan fingerprint density at radius 1 is 1.54 bits per heavy atom. The maximum absolute atomic E-state index is 12.9. The van der Waals surface area contributed by atoms with Crippen molar-refractivity contribution in [1.29, 1.82) is 0 Å². The maximum atomic E-state index is 12.9. The Morgan fingerprint density at radius 2 is 2.31 bits per heavy atom. The third kappa shape index (κ3) is 1.49. The number of fused-ring (bicyclic) bond motifs is 1. The van der Waals surface area contributed by atoms with E-state index < -0.39 is 11.9 Å². The van der Waals surface area contributed by atoms with Gasteiger partial charge >= 0.3 is 0 Å². The third-order valence-electron chi connectivity index (χ3n) is 2.03. The van der Waals surface area contributed by atoms with Gasteiger partial charge in [0.1, 0.15) is 11.6 Å². The quantitative estimate of drug-likeness (QED) is 0.700. The maximum Gasteiger partial charge on any atom is 0.143 e.